The summed E-state index contributed by atoms with van der Waals surface area (Å²) in [5, 5.41) is 2.76. The van der Waals surface area contributed by atoms with Gasteiger partial charge in [0.1, 0.15) is 0 Å². The third-order valence-corrected chi connectivity index (χ3v) is 4.55. The summed E-state index contributed by atoms with van der Waals surface area (Å²) < 4.78 is 15.6. The number of anilines is 1. The molecule has 3 rings (SSSR count). The zero-order chi connectivity index (χ0) is 20.8. The molecule has 0 saturated heterocycles. The van der Waals surface area contributed by atoms with E-state index in [0.29, 0.717) is 23.1 Å². The molecule has 1 aliphatic rings. The lowest BCUT2D eigenvalue weighted by Gasteiger charge is -2.17. The van der Waals surface area contributed by atoms with E-state index in [4.69, 9.17) is 14.2 Å². The first-order valence-electron chi connectivity index (χ1n) is 9.06. The van der Waals surface area contributed by atoms with E-state index in [0.717, 1.165) is 11.1 Å². The Labute approximate surface area is 169 Å². The summed E-state index contributed by atoms with van der Waals surface area (Å²) in [6, 6.07) is 7.02. The third-order valence-electron chi connectivity index (χ3n) is 4.55. The number of carbonyl (C=O) groups excluding carboxylic acids is 2. The number of aromatic nitrogens is 1. The van der Waals surface area contributed by atoms with Crippen molar-refractivity contribution in [1.29, 1.82) is 0 Å². The lowest BCUT2D eigenvalue weighted by molar-refractivity contribution is -0.128. The Balaban J connectivity index is 1.62. The summed E-state index contributed by atoms with van der Waals surface area (Å²) in [6.45, 7) is 0.271. The monoisotopic (exact) mass is 397 g/mol. The molecule has 0 unspecified atom stereocenters. The van der Waals surface area contributed by atoms with Gasteiger partial charge in [-0.15, -0.1) is 0 Å². The largest absolute Gasteiger partial charge is 0.493 e. The van der Waals surface area contributed by atoms with E-state index in [1.165, 1.54) is 13.3 Å². The topological polar surface area (TPSA) is 90.0 Å². The molecule has 1 aromatic carbocycles. The van der Waals surface area contributed by atoms with Gasteiger partial charge in [0.05, 0.1) is 39.6 Å². The van der Waals surface area contributed by atoms with Gasteiger partial charge in [-0.1, -0.05) is 0 Å². The van der Waals surface area contributed by atoms with E-state index in [2.05, 4.69) is 10.3 Å². The Hall–Kier alpha value is -3.55. The van der Waals surface area contributed by atoms with Crippen LogP contribution in [0.25, 0.3) is 6.08 Å². The van der Waals surface area contributed by atoms with Crippen LogP contribution in [0.5, 0.6) is 17.4 Å². The number of amides is 2. The van der Waals surface area contributed by atoms with Crippen LogP contribution in [0.4, 0.5) is 5.69 Å². The van der Waals surface area contributed by atoms with Crippen LogP contribution in [-0.2, 0) is 16.0 Å². The second-order valence-electron chi connectivity index (χ2n) is 6.37. The van der Waals surface area contributed by atoms with E-state index in [-0.39, 0.29) is 31.2 Å². The van der Waals surface area contributed by atoms with E-state index >= 15 is 0 Å². The summed E-state index contributed by atoms with van der Waals surface area (Å²) in [5.41, 5.74) is 2.30. The van der Waals surface area contributed by atoms with Crippen LogP contribution in [0.3, 0.4) is 0 Å². The summed E-state index contributed by atoms with van der Waals surface area (Å²) in [6.07, 6.45) is 5.43. The number of hydrogen-bond donors (Lipinski definition) is 1. The third kappa shape index (κ3) is 4.84. The number of rotatable bonds is 7. The molecule has 1 aliphatic heterocycles. The molecular weight excluding hydrogens is 374 g/mol. The number of methoxy groups -OCH3 is 3. The number of carbonyl (C=O) groups is 2. The normalized spacial score (nSPS) is 12.8. The number of ether oxygens (including phenoxy) is 3. The van der Waals surface area contributed by atoms with Crippen LogP contribution < -0.4 is 19.5 Å². The molecule has 1 aromatic heterocycles. The van der Waals surface area contributed by atoms with E-state index in [1.807, 2.05) is 18.2 Å². The highest BCUT2D eigenvalue weighted by molar-refractivity contribution is 5.91. The molecule has 29 heavy (non-hydrogen) atoms. The lowest BCUT2D eigenvalue weighted by atomic mass is 10.0. The number of nitrogens with zero attached hydrogens (tertiary/aromatic N) is 2. The predicted octanol–water partition coefficient (Wildman–Crippen LogP) is 2.49. The fraction of sp³-hybridized carbons (Fsp3) is 0.286. The molecule has 0 fully saturated rings. The zero-order valence-electron chi connectivity index (χ0n) is 16.6. The maximum atomic E-state index is 12.6. The molecule has 0 spiro atoms. The minimum atomic E-state index is -0.205. The minimum absolute atomic E-state index is 0.0915. The zero-order valence-corrected chi connectivity index (χ0v) is 16.6. The summed E-state index contributed by atoms with van der Waals surface area (Å²) >= 11 is 0. The smallest absolute Gasteiger partial charge is 0.230 e. The van der Waals surface area contributed by atoms with Gasteiger partial charge in [0.2, 0.25) is 17.7 Å². The summed E-state index contributed by atoms with van der Waals surface area (Å²) in [7, 11) is 4.65. The van der Waals surface area contributed by atoms with Crippen molar-refractivity contribution < 1.29 is 23.8 Å². The van der Waals surface area contributed by atoms with Crippen molar-refractivity contribution in [2.45, 2.75) is 12.8 Å². The molecule has 8 nitrogen and oxygen atoms in total. The molecule has 1 N–H and O–H groups in total. The SMILES string of the molecule is COc1ccc(NC(=O)CCN2C=Cc3cc(OC)c(OC)cc3CC2=O)cn1. The highest BCUT2D eigenvalue weighted by Crippen LogP contribution is 2.32. The van der Waals surface area contributed by atoms with Crippen molar-refractivity contribution in [3.05, 3.63) is 47.8 Å². The Morgan fingerprint density at radius 2 is 1.90 bits per heavy atom. The molecule has 8 heteroatoms. The maximum absolute atomic E-state index is 12.6. The second kappa shape index (κ2) is 9.09. The molecule has 2 amide bonds. The molecule has 0 radical (unpaired) electrons. The van der Waals surface area contributed by atoms with Gasteiger partial charge in [-0.3, -0.25) is 9.59 Å². The highest BCUT2D eigenvalue weighted by Gasteiger charge is 2.20. The van der Waals surface area contributed by atoms with Gasteiger partial charge in [0.25, 0.3) is 0 Å². The Bertz CT molecular complexity index is 925. The van der Waals surface area contributed by atoms with Crippen molar-refractivity contribution in [1.82, 2.24) is 9.88 Å². The Morgan fingerprint density at radius 1 is 1.14 bits per heavy atom. The van der Waals surface area contributed by atoms with Gasteiger partial charge in [-0.05, 0) is 35.4 Å². The van der Waals surface area contributed by atoms with Crippen LogP contribution >= 0.6 is 0 Å². The average Bonchev–Trinajstić information content (AvgIpc) is 2.89. The standard InChI is InChI=1S/C21H23N3O5/c1-27-17-10-14-6-8-24(21(26)12-15(14)11-18(17)28-2)9-7-19(25)23-16-4-5-20(29-3)22-13-16/h4-6,8,10-11,13H,7,9,12H2,1-3H3,(H,23,25). The van der Waals surface area contributed by atoms with Gasteiger partial charge in [-0.25, -0.2) is 4.98 Å². The number of pyridine rings is 1. The van der Waals surface area contributed by atoms with Crippen LogP contribution in [0.15, 0.2) is 36.7 Å². The lowest BCUT2D eigenvalue weighted by Crippen LogP contribution is -2.29. The average molecular weight is 397 g/mol. The molecule has 2 heterocycles. The molecule has 2 aromatic rings. The van der Waals surface area contributed by atoms with Crippen molar-refractivity contribution in [3.63, 3.8) is 0 Å². The van der Waals surface area contributed by atoms with Crippen molar-refractivity contribution in [2.24, 2.45) is 0 Å². The van der Waals surface area contributed by atoms with Crippen molar-refractivity contribution in [3.8, 4) is 17.4 Å². The van der Waals surface area contributed by atoms with E-state index in [9.17, 15) is 9.59 Å². The first-order chi connectivity index (χ1) is 14.0. The quantitative estimate of drug-likeness (QED) is 0.772. The second-order valence-corrected chi connectivity index (χ2v) is 6.37. The number of nitrogens with one attached hydrogen (secondary N) is 1. The van der Waals surface area contributed by atoms with Crippen molar-refractivity contribution >= 4 is 23.6 Å². The summed E-state index contributed by atoms with van der Waals surface area (Å²) in [5.74, 6) is 1.35. The van der Waals surface area contributed by atoms with Gasteiger partial charge in [0, 0.05) is 25.2 Å². The number of fused-ring (bicyclic) bond motifs is 1. The van der Waals surface area contributed by atoms with Crippen LogP contribution in [0.2, 0.25) is 0 Å². The maximum Gasteiger partial charge on any atom is 0.230 e. The predicted molar refractivity (Wildman–Crippen MR) is 108 cm³/mol. The van der Waals surface area contributed by atoms with Crippen LogP contribution in [0, 0.1) is 0 Å². The molecular formula is C21H23N3O5. The van der Waals surface area contributed by atoms with Gasteiger partial charge in [0.15, 0.2) is 11.5 Å². The molecule has 0 saturated carbocycles. The number of benzene rings is 1. The fourth-order valence-electron chi connectivity index (χ4n) is 2.98. The van der Waals surface area contributed by atoms with Gasteiger partial charge < -0.3 is 24.4 Å². The van der Waals surface area contributed by atoms with Crippen LogP contribution in [0.1, 0.15) is 17.5 Å². The molecule has 0 bridgehead atoms. The molecule has 0 aliphatic carbocycles. The van der Waals surface area contributed by atoms with Gasteiger partial charge >= 0.3 is 0 Å². The van der Waals surface area contributed by atoms with Crippen LogP contribution in [-0.4, -0.2) is 49.6 Å². The highest BCUT2D eigenvalue weighted by atomic mass is 16.5. The first kappa shape index (κ1) is 20.2. The minimum Gasteiger partial charge on any atom is -0.493 e. The fourth-order valence-corrected chi connectivity index (χ4v) is 2.98. The molecule has 0 atom stereocenters. The molecule has 152 valence electrons. The first-order valence-corrected chi connectivity index (χ1v) is 9.06. The van der Waals surface area contributed by atoms with Gasteiger partial charge in [-0.2, -0.15) is 0 Å². The number of hydrogen-bond acceptors (Lipinski definition) is 6. The summed E-state index contributed by atoms with van der Waals surface area (Å²) in [4.78, 5) is 30.4. The van der Waals surface area contributed by atoms with Crippen molar-refractivity contribution in [2.75, 3.05) is 33.2 Å². The van der Waals surface area contributed by atoms with E-state index in [1.54, 1.807) is 37.5 Å². The Morgan fingerprint density at radius 3 is 2.55 bits per heavy atom. The van der Waals surface area contributed by atoms with E-state index < -0.39 is 0 Å². The Kier molecular flexibility index (Phi) is 6.33.